The number of anilines is 2. The van der Waals surface area contributed by atoms with Crippen LogP contribution in [-0.4, -0.2) is 46.6 Å². The van der Waals surface area contributed by atoms with E-state index in [1.807, 2.05) is 42.5 Å². The number of rotatable bonds is 3. The molecule has 3 aromatic rings. The van der Waals surface area contributed by atoms with Gasteiger partial charge in [0.25, 0.3) is 5.91 Å². The van der Waals surface area contributed by atoms with Crippen LogP contribution in [0.3, 0.4) is 0 Å². The number of carbonyl (C=O) groups excluding carboxylic acids is 1. The molecule has 0 radical (unpaired) electrons. The van der Waals surface area contributed by atoms with Crippen molar-refractivity contribution in [3.05, 3.63) is 89.7 Å². The van der Waals surface area contributed by atoms with Crippen molar-refractivity contribution in [1.29, 1.82) is 0 Å². The molecule has 0 bridgehead atoms. The minimum absolute atomic E-state index is 0.0351. The van der Waals surface area contributed by atoms with Crippen LogP contribution in [0.4, 0.5) is 37.7 Å². The van der Waals surface area contributed by atoms with Crippen molar-refractivity contribution in [3.63, 3.8) is 0 Å². The van der Waals surface area contributed by atoms with E-state index >= 15 is 0 Å². The Morgan fingerprint density at radius 3 is 1.93 bits per heavy atom. The third-order valence-corrected chi connectivity index (χ3v) is 7.92. The molecule has 3 heterocycles. The molecule has 0 atom stereocenters. The van der Waals surface area contributed by atoms with E-state index in [4.69, 9.17) is 0 Å². The standard InChI is InChI=1S/C29H28F6N4O/c1-26(2)38(24-9-6-12-36-18-24)19-27(39(26)23-7-4-3-5-8-23)10-13-37(14-11-27)25(40)20-15-21(28(30,31)32)17-22(16-20)29(33,34)35/h3-9,12,15-18H,10-11,13-14,19H2,1-2H3. The molecule has 2 aliphatic heterocycles. The summed E-state index contributed by atoms with van der Waals surface area (Å²) in [5, 5.41) is 0. The predicted octanol–water partition coefficient (Wildman–Crippen LogP) is 6.86. The molecule has 0 N–H and O–H groups in total. The number of hydrogen-bond donors (Lipinski definition) is 0. The lowest BCUT2D eigenvalue weighted by Gasteiger charge is -2.49. The van der Waals surface area contributed by atoms with Crippen molar-refractivity contribution >= 4 is 17.3 Å². The lowest BCUT2D eigenvalue weighted by atomic mass is 9.85. The summed E-state index contributed by atoms with van der Waals surface area (Å²) in [7, 11) is 0. The molecule has 1 spiro atoms. The van der Waals surface area contributed by atoms with E-state index in [1.165, 1.54) is 4.90 Å². The maximum Gasteiger partial charge on any atom is 0.416 e. The summed E-state index contributed by atoms with van der Waals surface area (Å²) in [6, 6.07) is 14.7. The number of nitrogens with zero attached hydrogens (tertiary/aromatic N) is 4. The monoisotopic (exact) mass is 562 g/mol. The van der Waals surface area contributed by atoms with Crippen LogP contribution in [0.25, 0.3) is 0 Å². The summed E-state index contributed by atoms with van der Waals surface area (Å²) >= 11 is 0. The number of alkyl halides is 6. The van der Waals surface area contributed by atoms with E-state index < -0.39 is 46.2 Å². The van der Waals surface area contributed by atoms with Gasteiger partial charge in [0.1, 0.15) is 5.66 Å². The van der Waals surface area contributed by atoms with Crippen molar-refractivity contribution in [2.75, 3.05) is 29.4 Å². The molecule has 2 fully saturated rings. The van der Waals surface area contributed by atoms with E-state index in [1.54, 1.807) is 12.4 Å². The van der Waals surface area contributed by atoms with Crippen molar-refractivity contribution in [2.24, 2.45) is 0 Å². The summed E-state index contributed by atoms with van der Waals surface area (Å²) in [6.07, 6.45) is -5.63. The Morgan fingerprint density at radius 1 is 0.825 bits per heavy atom. The van der Waals surface area contributed by atoms with Gasteiger partial charge >= 0.3 is 12.4 Å². The van der Waals surface area contributed by atoms with Gasteiger partial charge in [-0.2, -0.15) is 26.3 Å². The van der Waals surface area contributed by atoms with E-state index in [9.17, 15) is 31.1 Å². The summed E-state index contributed by atoms with van der Waals surface area (Å²) in [4.78, 5) is 23.5. The Kier molecular flexibility index (Phi) is 6.74. The second-order valence-corrected chi connectivity index (χ2v) is 10.8. The number of likely N-dealkylation sites (tertiary alicyclic amines) is 1. The number of para-hydroxylation sites is 1. The molecule has 5 rings (SSSR count). The molecular weight excluding hydrogens is 534 g/mol. The lowest BCUT2D eigenvalue weighted by Crippen LogP contribution is -2.59. The number of hydrogen-bond acceptors (Lipinski definition) is 4. The van der Waals surface area contributed by atoms with Gasteiger partial charge in [-0.25, -0.2) is 0 Å². The number of amides is 1. The molecule has 1 amide bonds. The van der Waals surface area contributed by atoms with E-state index in [0.717, 1.165) is 11.4 Å². The van der Waals surface area contributed by atoms with Crippen LogP contribution in [0.15, 0.2) is 73.1 Å². The highest BCUT2D eigenvalue weighted by Gasteiger charge is 2.56. The molecule has 2 aromatic carbocycles. The maximum absolute atomic E-state index is 13.4. The Morgan fingerprint density at radius 2 is 1.40 bits per heavy atom. The highest BCUT2D eigenvalue weighted by atomic mass is 19.4. The van der Waals surface area contributed by atoms with Crippen molar-refractivity contribution in [3.8, 4) is 0 Å². The first-order chi connectivity index (χ1) is 18.7. The molecule has 1 aromatic heterocycles. The molecule has 5 nitrogen and oxygen atoms in total. The fraction of sp³-hybridized carbons (Fsp3) is 0.379. The van der Waals surface area contributed by atoms with Crippen LogP contribution in [0, 0.1) is 0 Å². The van der Waals surface area contributed by atoms with Crippen LogP contribution >= 0.6 is 0 Å². The molecule has 212 valence electrons. The molecule has 0 unspecified atom stereocenters. The first kappa shape index (κ1) is 27.8. The second-order valence-electron chi connectivity index (χ2n) is 10.8. The smallest absolute Gasteiger partial charge is 0.345 e. The first-order valence-electron chi connectivity index (χ1n) is 12.8. The maximum atomic E-state index is 13.4. The third-order valence-electron chi connectivity index (χ3n) is 7.92. The summed E-state index contributed by atoms with van der Waals surface area (Å²) in [5.41, 5.74) is -2.67. The van der Waals surface area contributed by atoms with Crippen molar-refractivity contribution < 1.29 is 31.1 Å². The topological polar surface area (TPSA) is 39.7 Å². The zero-order valence-electron chi connectivity index (χ0n) is 21.9. The predicted molar refractivity (Wildman–Crippen MR) is 139 cm³/mol. The SMILES string of the molecule is CC1(C)N(c2cccnc2)CC2(CCN(C(=O)c3cc(C(F)(F)F)cc(C(F)(F)F)c3)CC2)N1c1ccccc1. The van der Waals surface area contributed by atoms with Gasteiger partial charge in [-0.05, 0) is 69.2 Å². The van der Waals surface area contributed by atoms with E-state index in [0.29, 0.717) is 31.5 Å². The van der Waals surface area contributed by atoms with Crippen molar-refractivity contribution in [1.82, 2.24) is 9.88 Å². The number of benzene rings is 2. The minimum Gasteiger partial charge on any atom is -0.345 e. The largest absolute Gasteiger partial charge is 0.416 e. The average molecular weight is 563 g/mol. The molecule has 0 aliphatic carbocycles. The zero-order valence-corrected chi connectivity index (χ0v) is 21.9. The molecule has 11 heteroatoms. The summed E-state index contributed by atoms with van der Waals surface area (Å²) < 4.78 is 80.3. The van der Waals surface area contributed by atoms with Gasteiger partial charge in [-0.3, -0.25) is 9.78 Å². The molecular formula is C29H28F6N4O. The second kappa shape index (κ2) is 9.71. The van der Waals surface area contributed by atoms with Gasteiger partial charge in [0.05, 0.1) is 28.6 Å². The van der Waals surface area contributed by atoms with Gasteiger partial charge in [0.15, 0.2) is 0 Å². The Bertz CT molecular complexity index is 1330. The number of piperidine rings is 1. The zero-order chi connectivity index (χ0) is 28.9. The first-order valence-corrected chi connectivity index (χ1v) is 12.8. The van der Waals surface area contributed by atoms with Gasteiger partial charge < -0.3 is 14.7 Å². The fourth-order valence-electron chi connectivity index (χ4n) is 6.12. The van der Waals surface area contributed by atoms with Gasteiger partial charge in [0, 0.05) is 37.1 Å². The average Bonchev–Trinajstić information content (AvgIpc) is 3.14. The Labute approximate surface area is 228 Å². The molecule has 2 aliphatic rings. The van der Waals surface area contributed by atoms with Crippen LogP contribution in [0.1, 0.15) is 48.2 Å². The van der Waals surface area contributed by atoms with Crippen molar-refractivity contribution in [2.45, 2.75) is 50.2 Å². The van der Waals surface area contributed by atoms with Crippen LogP contribution in [0.5, 0.6) is 0 Å². The Balaban J connectivity index is 1.46. The number of carbonyl (C=O) groups is 1. The number of aromatic nitrogens is 1. The highest BCUT2D eigenvalue weighted by molar-refractivity contribution is 5.95. The van der Waals surface area contributed by atoms with Crippen LogP contribution in [-0.2, 0) is 12.4 Å². The number of halogens is 6. The third kappa shape index (κ3) is 4.97. The highest BCUT2D eigenvalue weighted by Crippen LogP contribution is 2.48. The molecule has 40 heavy (non-hydrogen) atoms. The summed E-state index contributed by atoms with van der Waals surface area (Å²) in [5.74, 6) is -0.848. The fourth-order valence-corrected chi connectivity index (χ4v) is 6.12. The summed E-state index contributed by atoms with van der Waals surface area (Å²) in [6.45, 7) is 5.15. The molecule has 2 saturated heterocycles. The quantitative estimate of drug-likeness (QED) is 0.327. The number of pyridine rings is 1. The minimum atomic E-state index is -5.02. The Hall–Kier alpha value is -3.76. The normalized spacial score (nSPS) is 18.9. The van der Waals surface area contributed by atoms with Crippen LogP contribution in [0.2, 0.25) is 0 Å². The van der Waals surface area contributed by atoms with Gasteiger partial charge in [-0.1, -0.05) is 18.2 Å². The lowest BCUT2D eigenvalue weighted by molar-refractivity contribution is -0.143. The van der Waals surface area contributed by atoms with Gasteiger partial charge in [-0.15, -0.1) is 0 Å². The molecule has 0 saturated carbocycles. The van der Waals surface area contributed by atoms with E-state index in [-0.39, 0.29) is 19.2 Å². The van der Waals surface area contributed by atoms with Gasteiger partial charge in [0.2, 0.25) is 0 Å². The van der Waals surface area contributed by atoms with E-state index in [2.05, 4.69) is 28.6 Å². The van der Waals surface area contributed by atoms with Crippen LogP contribution < -0.4 is 9.80 Å².